The van der Waals surface area contributed by atoms with Gasteiger partial charge >= 0.3 is 5.51 Å². The molecule has 1 aromatic heterocycles. The number of thioether (sulfide) groups is 1. The topological polar surface area (TPSA) is 263 Å². The third-order valence-corrected chi connectivity index (χ3v) is 26.3. The number of carbonyl (C=O) groups is 5. The molecule has 21 nitrogen and oxygen atoms in total. The van der Waals surface area contributed by atoms with Gasteiger partial charge in [0.1, 0.15) is 17.0 Å². The number of aryl methyl sites for hydroxylation is 2. The standard InChI is InChI=1S/C78H97ClF3N11O10S4/c1-50(52-13-15-54(16-14-52)71-51(2)84-49-105-71)85-74(98)67-42-61(94)47-93(67)75(99)72(76(3,4)5)87-69(95)28-32-83-33-29-70(96)91-38-35-89(36-39-91)34-30-59(48-104-62-11-9-8-10-12-62)86-65-25-24-63(43-68(65)106(100,101)78(80,81)82)107(102,103)88-73(97)56-20-26-66-55(41-56)19-23-60-46-90(37-40-92(60)66)45-57-44-77(6,7)31-27-64(57)53-17-21-58(79)22-18-53/h8-18,20-22,24-26,41,43,49-50,59-61,67,72,83,86,94H,19,23,27-40,42,44-48H2,1-7H3,(H,85,98)(H,87,95)(H,88,97)/t50-,59+,60?,61+,67-,72+/m0/s1. The lowest BCUT2D eigenvalue weighted by atomic mass is 9.72. The molecule has 29 heteroatoms. The van der Waals surface area contributed by atoms with Crippen LogP contribution in [0.4, 0.5) is 24.5 Å². The van der Waals surface area contributed by atoms with Crippen molar-refractivity contribution < 1.29 is 59.1 Å². The molecular weight excluding hydrogens is 1470 g/mol. The Bertz CT molecular complexity index is 4460. The highest BCUT2D eigenvalue weighted by Crippen LogP contribution is 2.44. The van der Waals surface area contributed by atoms with E-state index in [1.807, 2.05) is 106 Å². The number of likely N-dealkylation sites (tertiary alicyclic amines) is 1. The molecule has 5 aromatic carbocycles. The monoisotopic (exact) mass is 1570 g/mol. The number of thiazole rings is 1. The number of aliphatic hydroxyl groups is 1. The van der Waals surface area contributed by atoms with Gasteiger partial charge in [-0.15, -0.1) is 23.1 Å². The van der Waals surface area contributed by atoms with E-state index in [1.165, 1.54) is 39.4 Å². The number of nitrogens with zero attached hydrogens (tertiary/aromatic N) is 6. The lowest BCUT2D eigenvalue weighted by molar-refractivity contribution is -0.144. The van der Waals surface area contributed by atoms with Crippen LogP contribution in [0.15, 0.2) is 141 Å². The minimum Gasteiger partial charge on any atom is -0.391 e. The minimum absolute atomic E-state index is 0.0141. The number of allylic oxidation sites excluding steroid dienone is 1. The number of amides is 5. The minimum atomic E-state index is -6.19. The summed E-state index contributed by atoms with van der Waals surface area (Å²) in [5.41, 5.74) is 3.55. The number of fused-ring (bicyclic) bond motifs is 3. The van der Waals surface area contributed by atoms with Crippen LogP contribution in [0.25, 0.3) is 16.0 Å². The number of nitrogens with one attached hydrogen (secondary N) is 5. The largest absolute Gasteiger partial charge is 0.501 e. The molecule has 5 aliphatic rings. The number of aliphatic hydroxyl groups excluding tert-OH is 1. The van der Waals surface area contributed by atoms with Gasteiger partial charge in [-0.2, -0.15) is 13.2 Å². The van der Waals surface area contributed by atoms with Crippen LogP contribution in [0.3, 0.4) is 0 Å². The fourth-order valence-electron chi connectivity index (χ4n) is 15.0. The summed E-state index contributed by atoms with van der Waals surface area (Å²) in [7, 11) is -11.2. The summed E-state index contributed by atoms with van der Waals surface area (Å²) in [5.74, 6) is -2.23. The molecule has 0 spiro atoms. The van der Waals surface area contributed by atoms with Gasteiger partial charge in [0.05, 0.1) is 38.8 Å². The van der Waals surface area contributed by atoms with Crippen molar-refractivity contribution in [1.82, 2.24) is 45.3 Å². The molecule has 0 bridgehead atoms. The third kappa shape index (κ3) is 20.2. The van der Waals surface area contributed by atoms with E-state index in [-0.39, 0.29) is 67.6 Å². The molecule has 4 aliphatic heterocycles. The van der Waals surface area contributed by atoms with Crippen molar-refractivity contribution in [3.05, 3.63) is 159 Å². The molecule has 107 heavy (non-hydrogen) atoms. The number of alkyl halides is 3. The summed E-state index contributed by atoms with van der Waals surface area (Å²) in [5, 5.41) is 23.5. The van der Waals surface area contributed by atoms with Crippen molar-refractivity contribution in [2.24, 2.45) is 10.8 Å². The summed E-state index contributed by atoms with van der Waals surface area (Å²) in [6.45, 7) is 19.5. The zero-order valence-electron chi connectivity index (χ0n) is 61.5. The van der Waals surface area contributed by atoms with Gasteiger partial charge in [0.15, 0.2) is 0 Å². The van der Waals surface area contributed by atoms with Crippen LogP contribution in [0.1, 0.15) is 132 Å². The van der Waals surface area contributed by atoms with E-state index < -0.39 is 100 Å². The van der Waals surface area contributed by atoms with Gasteiger partial charge in [0.25, 0.3) is 25.8 Å². The van der Waals surface area contributed by atoms with E-state index in [0.29, 0.717) is 56.7 Å². The second-order valence-electron chi connectivity index (χ2n) is 30.5. The van der Waals surface area contributed by atoms with Crippen LogP contribution in [0.2, 0.25) is 5.02 Å². The first kappa shape index (κ1) is 80.6. The van der Waals surface area contributed by atoms with Gasteiger partial charge in [0.2, 0.25) is 23.6 Å². The van der Waals surface area contributed by atoms with Gasteiger partial charge in [-0.25, -0.2) is 26.5 Å². The molecule has 1 aliphatic carbocycles. The van der Waals surface area contributed by atoms with E-state index in [1.54, 1.807) is 33.9 Å². The number of hydrogen-bond acceptors (Lipinski definition) is 18. The highest BCUT2D eigenvalue weighted by molar-refractivity contribution is 7.99. The second-order valence-corrected chi connectivity index (χ2v) is 36.5. The first-order valence-corrected chi connectivity index (χ1v) is 41.8. The SMILES string of the molecule is Cc1ncsc1-c1ccc([C@H](C)NC(=O)[C@@H]2C[C@@H](O)CN2C(=O)[C@@H](NC(=O)CCNCCC(=O)N2CCN(CC[C@H](CSc3ccccc3)Nc3ccc(S(=O)(=O)NC(=O)c4ccc5c(c4)CCC4CN(CC6=C(c7ccc(Cl)cc7)CCC(C)(C)C6)CCN54)cc3S(=O)(=O)C(F)(F)F)CC2)C(C)(C)C)cc1. The summed E-state index contributed by atoms with van der Waals surface area (Å²) >= 11 is 9.20. The molecular formula is C78H97ClF3N11O10S4. The first-order valence-electron chi connectivity index (χ1n) is 36.6. The number of sulfonamides is 1. The van der Waals surface area contributed by atoms with E-state index in [0.717, 1.165) is 102 Å². The molecule has 576 valence electrons. The molecule has 5 heterocycles. The molecule has 6 atom stereocenters. The van der Waals surface area contributed by atoms with Gasteiger partial charge in [-0.3, -0.25) is 33.8 Å². The summed E-state index contributed by atoms with van der Waals surface area (Å²) in [4.78, 5) is 83.0. The van der Waals surface area contributed by atoms with Gasteiger partial charge < -0.3 is 41.1 Å². The zero-order chi connectivity index (χ0) is 76.8. The number of hydrogen-bond donors (Lipinski definition) is 6. The van der Waals surface area contributed by atoms with Gasteiger partial charge in [-0.1, -0.05) is 106 Å². The van der Waals surface area contributed by atoms with Crippen LogP contribution in [-0.4, -0.2) is 196 Å². The average molecular weight is 1570 g/mol. The highest BCUT2D eigenvalue weighted by atomic mass is 35.5. The number of benzene rings is 5. The quantitative estimate of drug-likeness (QED) is 0.0207. The Morgan fingerprint density at radius 3 is 2.21 bits per heavy atom. The smallest absolute Gasteiger partial charge is 0.391 e. The Kier molecular flexibility index (Phi) is 25.8. The molecule has 1 unspecified atom stereocenters. The fraction of sp³-hybridized carbons (Fsp3) is 0.487. The number of carbonyl (C=O) groups excluding carboxylic acids is 5. The normalized spacial score (nSPS) is 19.7. The third-order valence-electron chi connectivity index (χ3n) is 21.0. The van der Waals surface area contributed by atoms with Gasteiger partial charge in [-0.05, 0) is 152 Å². The van der Waals surface area contributed by atoms with Gasteiger partial charge in [0, 0.05) is 137 Å². The Balaban J connectivity index is 0.655. The first-order chi connectivity index (χ1) is 50.7. The molecule has 6 aromatic rings. The van der Waals surface area contributed by atoms with Crippen molar-refractivity contribution in [1.29, 1.82) is 0 Å². The van der Waals surface area contributed by atoms with Crippen LogP contribution < -0.4 is 30.9 Å². The second kappa shape index (κ2) is 34.2. The maximum absolute atomic E-state index is 14.7. The number of piperazine rings is 2. The maximum atomic E-state index is 14.7. The predicted molar refractivity (Wildman–Crippen MR) is 413 cm³/mol. The molecule has 3 fully saturated rings. The number of halogens is 4. The van der Waals surface area contributed by atoms with Crippen molar-refractivity contribution in [3.8, 4) is 10.4 Å². The Hall–Kier alpha value is -7.41. The van der Waals surface area contributed by atoms with E-state index in [2.05, 4.69) is 66.9 Å². The zero-order valence-corrected chi connectivity index (χ0v) is 65.5. The maximum Gasteiger partial charge on any atom is 0.501 e. The lowest BCUT2D eigenvalue weighted by Gasteiger charge is -2.47. The van der Waals surface area contributed by atoms with E-state index in [9.17, 15) is 59.1 Å². The molecule has 5 amide bonds. The van der Waals surface area contributed by atoms with Crippen LogP contribution in [0, 0.1) is 17.8 Å². The molecule has 6 N–H and O–H groups in total. The van der Waals surface area contributed by atoms with E-state index in [4.69, 9.17) is 11.6 Å². The van der Waals surface area contributed by atoms with Crippen LogP contribution >= 0.6 is 34.7 Å². The molecule has 0 saturated carbocycles. The van der Waals surface area contributed by atoms with Crippen molar-refractivity contribution in [2.75, 3.05) is 94.5 Å². The summed E-state index contributed by atoms with van der Waals surface area (Å²) in [6, 6.07) is 29.6. The van der Waals surface area contributed by atoms with E-state index >= 15 is 0 Å². The molecule has 0 radical (unpaired) electrons. The summed E-state index contributed by atoms with van der Waals surface area (Å²) in [6.07, 6.45) is 4.01. The van der Waals surface area contributed by atoms with Crippen molar-refractivity contribution in [3.63, 3.8) is 0 Å². The van der Waals surface area contributed by atoms with Crippen molar-refractivity contribution in [2.45, 2.75) is 163 Å². The predicted octanol–water partition coefficient (Wildman–Crippen LogP) is 11.1. The Labute approximate surface area is 639 Å². The molecule has 11 rings (SSSR count). The average Bonchev–Trinajstić information content (AvgIpc) is 1.12. The van der Waals surface area contributed by atoms with Crippen LogP contribution in [0.5, 0.6) is 0 Å². The molecule has 3 saturated heterocycles. The number of aromatic nitrogens is 1. The fourth-order valence-corrected chi connectivity index (χ4v) is 18.9. The van der Waals surface area contributed by atoms with Crippen LogP contribution in [-0.2, 0) is 45.5 Å². The lowest BCUT2D eigenvalue weighted by Crippen LogP contribution is -2.58. The van der Waals surface area contributed by atoms with Crippen molar-refractivity contribution >= 4 is 101 Å². The number of β-amino-alcohol motifs (C(OH)–C–C–N with tert-alkyl or cyclic N) is 1. The Morgan fingerprint density at radius 1 is 0.813 bits per heavy atom. The highest BCUT2D eigenvalue weighted by Gasteiger charge is 2.49. The number of anilines is 2. The number of sulfone groups is 1. The number of rotatable bonds is 27. The summed E-state index contributed by atoms with van der Waals surface area (Å²) < 4.78 is 101. The Morgan fingerprint density at radius 2 is 1.51 bits per heavy atom.